The van der Waals surface area contributed by atoms with Gasteiger partial charge in [-0.15, -0.1) is 23.2 Å². The molecule has 0 aliphatic rings. The van der Waals surface area contributed by atoms with E-state index in [0.717, 1.165) is 31.4 Å². The summed E-state index contributed by atoms with van der Waals surface area (Å²) < 4.78 is -0.462. The largest absolute Gasteiger partial charge is 0.231 e. The van der Waals surface area contributed by atoms with Crippen molar-refractivity contribution in [2.45, 2.75) is 43.9 Å². The van der Waals surface area contributed by atoms with Crippen molar-refractivity contribution < 1.29 is 9.59 Å². The first-order valence-corrected chi connectivity index (χ1v) is 5.16. The number of alkyl halides is 2. The van der Waals surface area contributed by atoms with E-state index in [-0.39, 0.29) is 0 Å². The Morgan fingerprint density at radius 3 is 1.67 bits per heavy atom. The van der Waals surface area contributed by atoms with Gasteiger partial charge < -0.3 is 0 Å². The van der Waals surface area contributed by atoms with Gasteiger partial charge in [0.1, 0.15) is 4.33 Å². The van der Waals surface area contributed by atoms with Crippen molar-refractivity contribution in [3.05, 3.63) is 0 Å². The summed E-state index contributed by atoms with van der Waals surface area (Å²) in [5.41, 5.74) is 0. The van der Waals surface area contributed by atoms with Crippen molar-refractivity contribution >= 4 is 35.4 Å². The highest BCUT2D eigenvalue weighted by Crippen LogP contribution is 2.30. The summed E-state index contributed by atoms with van der Waals surface area (Å²) in [4.78, 5) is 16.7. The second-order valence-corrected chi connectivity index (χ2v) is 4.16. The maximum Gasteiger partial charge on any atom is 0.231 e. The molecule has 88 valence electrons. The third-order valence-corrected chi connectivity index (χ3v) is 2.33. The maximum absolute atomic E-state index is 8.35. The smallest absolute Gasteiger partial charge is 0.222 e. The Morgan fingerprint density at radius 2 is 1.47 bits per heavy atom. The first-order chi connectivity index (χ1) is 6.95. The number of nitrogens with one attached hydrogen (secondary N) is 2. The van der Waals surface area contributed by atoms with Gasteiger partial charge in [-0.3, -0.25) is 0 Å². The normalized spacial score (nSPS) is 8.27. The molecule has 0 aromatic rings. The topological polar surface area (TPSA) is 81.8 Å². The zero-order chi connectivity index (χ0) is 12.7. The Kier molecular flexibility index (Phi) is 20.9. The summed E-state index contributed by atoms with van der Waals surface area (Å²) in [7, 11) is 0. The molecule has 0 saturated heterocycles. The van der Waals surface area contributed by atoms with Crippen LogP contribution in [0.25, 0.3) is 0 Å². The molecule has 0 atom stereocenters. The predicted octanol–water partition coefficient (Wildman–Crippen LogP) is 3.56. The Balaban J connectivity index is -0.000000200. The molecule has 15 heavy (non-hydrogen) atoms. The van der Waals surface area contributed by atoms with Crippen molar-refractivity contribution in [3.63, 3.8) is 0 Å². The molecule has 0 aliphatic carbocycles. The van der Waals surface area contributed by atoms with Crippen LogP contribution in [0.5, 0.6) is 0 Å². The van der Waals surface area contributed by atoms with Crippen molar-refractivity contribution in [2.75, 3.05) is 0 Å². The van der Waals surface area contributed by atoms with Crippen LogP contribution in [0.1, 0.15) is 39.5 Å². The van der Waals surface area contributed by atoms with Crippen LogP contribution in [0.15, 0.2) is 0 Å². The molecule has 2 N–H and O–H groups in total. The fourth-order valence-electron chi connectivity index (χ4n) is 0.612. The van der Waals surface area contributed by atoms with Gasteiger partial charge in [0.25, 0.3) is 0 Å². The molecule has 0 fully saturated rings. The van der Waals surface area contributed by atoms with Crippen LogP contribution in [-0.2, 0) is 9.59 Å². The standard InChI is InChI=1S/C7H14Cl2.2CHNO/c1-3-5-6-7(8,9)4-2;2*2-1-3/h3-6H2,1-2H3;2*2H. The van der Waals surface area contributed by atoms with Gasteiger partial charge in [-0.05, 0) is 12.8 Å². The molecular formula is C9H16Cl2N2O2. The van der Waals surface area contributed by atoms with E-state index in [1.54, 1.807) is 0 Å². The molecule has 0 bridgehead atoms. The van der Waals surface area contributed by atoms with Crippen molar-refractivity contribution in [1.29, 1.82) is 10.8 Å². The fraction of sp³-hybridized carbons (Fsp3) is 0.778. The van der Waals surface area contributed by atoms with Gasteiger partial charge in [-0.1, -0.05) is 26.7 Å². The molecule has 0 amide bonds. The lowest BCUT2D eigenvalue weighted by Crippen LogP contribution is -2.09. The lowest BCUT2D eigenvalue weighted by atomic mass is 10.1. The van der Waals surface area contributed by atoms with Gasteiger partial charge in [0.2, 0.25) is 12.2 Å². The highest BCUT2D eigenvalue weighted by atomic mass is 35.5. The van der Waals surface area contributed by atoms with E-state index in [1.165, 1.54) is 6.42 Å². The predicted molar refractivity (Wildman–Crippen MR) is 61.1 cm³/mol. The average Bonchev–Trinajstić information content (AvgIpc) is 2.17. The highest BCUT2D eigenvalue weighted by Gasteiger charge is 2.19. The summed E-state index contributed by atoms with van der Waals surface area (Å²) in [5.74, 6) is 0. The third kappa shape index (κ3) is 31.8. The Morgan fingerprint density at radius 1 is 1.13 bits per heavy atom. The first-order valence-electron chi connectivity index (χ1n) is 4.41. The van der Waals surface area contributed by atoms with Crippen molar-refractivity contribution in [3.8, 4) is 0 Å². The zero-order valence-corrected chi connectivity index (χ0v) is 10.4. The Bertz CT molecular complexity index is 184. The van der Waals surface area contributed by atoms with E-state index in [4.69, 9.17) is 43.6 Å². The van der Waals surface area contributed by atoms with E-state index < -0.39 is 4.33 Å². The summed E-state index contributed by atoms with van der Waals surface area (Å²) >= 11 is 11.7. The number of carbonyl (C=O) groups excluding carboxylic acids is 2. The second-order valence-electron chi connectivity index (χ2n) is 2.52. The average molecular weight is 255 g/mol. The number of halogens is 2. The van der Waals surface area contributed by atoms with E-state index in [9.17, 15) is 0 Å². The molecule has 0 aromatic carbocycles. The minimum absolute atomic E-state index is 0.462. The SMILES string of the molecule is CCCCC(Cl)(Cl)CC.N=C=O.N=C=O. The molecule has 0 rings (SSSR count). The van der Waals surface area contributed by atoms with Gasteiger partial charge >= 0.3 is 0 Å². The van der Waals surface area contributed by atoms with Crippen molar-refractivity contribution in [2.24, 2.45) is 0 Å². The fourth-order valence-corrected chi connectivity index (χ4v) is 0.879. The van der Waals surface area contributed by atoms with Crippen LogP contribution in [0.3, 0.4) is 0 Å². The number of isocyanates is 2. The lowest BCUT2D eigenvalue weighted by molar-refractivity contribution is 0.562. The Hall–Kier alpha value is -0.660. The molecule has 4 nitrogen and oxygen atoms in total. The maximum atomic E-state index is 8.35. The molecule has 0 aliphatic heterocycles. The number of unbranched alkanes of at least 4 members (excludes halogenated alkanes) is 1. The first kappa shape index (κ1) is 19.8. The lowest BCUT2D eigenvalue weighted by Gasteiger charge is -2.15. The minimum atomic E-state index is -0.462. The van der Waals surface area contributed by atoms with Crippen LogP contribution >= 0.6 is 23.2 Å². The van der Waals surface area contributed by atoms with E-state index >= 15 is 0 Å². The summed E-state index contributed by atoms with van der Waals surface area (Å²) in [5, 5.41) is 10.8. The molecule has 0 radical (unpaired) electrons. The van der Waals surface area contributed by atoms with Crippen LogP contribution in [0.2, 0.25) is 0 Å². The van der Waals surface area contributed by atoms with Gasteiger partial charge in [0, 0.05) is 0 Å². The quantitative estimate of drug-likeness (QED) is 0.457. The highest BCUT2D eigenvalue weighted by molar-refractivity contribution is 6.48. The monoisotopic (exact) mass is 254 g/mol. The number of hydrogen-bond acceptors (Lipinski definition) is 4. The Labute approximate surface area is 100.0 Å². The molecule has 0 heterocycles. The minimum Gasteiger partial charge on any atom is -0.222 e. The number of rotatable bonds is 4. The van der Waals surface area contributed by atoms with Crippen LogP contribution in [-0.4, -0.2) is 16.5 Å². The van der Waals surface area contributed by atoms with E-state index in [1.807, 2.05) is 6.92 Å². The molecule has 0 aromatic heterocycles. The molecular weight excluding hydrogens is 239 g/mol. The van der Waals surface area contributed by atoms with Crippen LogP contribution in [0.4, 0.5) is 0 Å². The van der Waals surface area contributed by atoms with Gasteiger partial charge in [0.15, 0.2) is 0 Å². The van der Waals surface area contributed by atoms with Crippen LogP contribution < -0.4 is 0 Å². The van der Waals surface area contributed by atoms with E-state index in [0.29, 0.717) is 0 Å². The van der Waals surface area contributed by atoms with Gasteiger partial charge in [-0.2, -0.15) is 0 Å². The van der Waals surface area contributed by atoms with Gasteiger partial charge in [-0.25, -0.2) is 20.4 Å². The summed E-state index contributed by atoms with van der Waals surface area (Å²) in [6, 6.07) is 0. The molecule has 0 unspecified atom stereocenters. The molecule has 0 spiro atoms. The molecule has 6 heteroatoms. The second kappa shape index (κ2) is 15.8. The summed E-state index contributed by atoms with van der Waals surface area (Å²) in [6.07, 6.45) is 5.56. The van der Waals surface area contributed by atoms with Crippen LogP contribution in [0, 0.1) is 10.8 Å². The molecule has 0 saturated carbocycles. The number of hydrogen-bond donors (Lipinski definition) is 2. The zero-order valence-electron chi connectivity index (χ0n) is 8.90. The van der Waals surface area contributed by atoms with E-state index in [2.05, 4.69) is 6.92 Å². The summed E-state index contributed by atoms with van der Waals surface area (Å²) in [6.45, 7) is 4.15. The van der Waals surface area contributed by atoms with Crippen molar-refractivity contribution in [1.82, 2.24) is 0 Å². The van der Waals surface area contributed by atoms with Gasteiger partial charge in [0.05, 0.1) is 0 Å². The third-order valence-electron chi connectivity index (χ3n) is 1.41.